The molecule has 0 amide bonds. The summed E-state index contributed by atoms with van der Waals surface area (Å²) in [6.45, 7) is 6.45. The van der Waals surface area contributed by atoms with Crippen LogP contribution in [0.15, 0.2) is 122 Å². The lowest BCUT2D eigenvalue weighted by molar-refractivity contribution is -0.167. The molecule has 0 spiro atoms. The summed E-state index contributed by atoms with van der Waals surface area (Å²) < 4.78 is 16.9. The molecule has 0 saturated heterocycles. The minimum atomic E-state index is -0.813. The van der Waals surface area contributed by atoms with Crippen LogP contribution in [0.5, 0.6) is 0 Å². The number of unbranched alkanes of at least 4 members (excludes halogenated alkanes) is 26. The van der Waals surface area contributed by atoms with Crippen molar-refractivity contribution in [1.29, 1.82) is 0 Å². The van der Waals surface area contributed by atoms with Gasteiger partial charge in [-0.25, -0.2) is 0 Å². The van der Waals surface area contributed by atoms with Crippen molar-refractivity contribution in [3.05, 3.63) is 122 Å². The molecule has 0 aromatic rings. The SMILES string of the molecule is CC/C=C\C/C=C\C/C=C\C/C=C\C/C=C\C/C=C\CCCCC(=O)OC(COC(=O)CCCCCCC/C=C\C/C=C\CCCCC)COC(=O)CCCCCCCCCCCCC/C=C\C/C=C\CCCCCCC. The minimum absolute atomic E-state index is 0.103. The second-order valence-electron chi connectivity index (χ2n) is 20.9. The Bertz CT molecular complexity index is 1600. The van der Waals surface area contributed by atoms with Crippen LogP contribution in [0.3, 0.4) is 0 Å². The lowest BCUT2D eigenvalue weighted by Crippen LogP contribution is -2.30. The maximum atomic E-state index is 12.9. The number of rotatable bonds is 57. The molecule has 0 N–H and O–H groups in total. The van der Waals surface area contributed by atoms with E-state index in [1.807, 2.05) is 0 Å². The number of hydrogen-bond donors (Lipinski definition) is 0. The second kappa shape index (κ2) is 64.3. The number of allylic oxidation sites excluding steroid dienone is 20. The van der Waals surface area contributed by atoms with Gasteiger partial charge < -0.3 is 14.2 Å². The first-order valence-electron chi connectivity index (χ1n) is 32.0. The summed E-state index contributed by atoms with van der Waals surface area (Å²) in [6, 6.07) is 0. The van der Waals surface area contributed by atoms with E-state index in [0.717, 1.165) is 122 Å². The van der Waals surface area contributed by atoms with Crippen molar-refractivity contribution in [3.63, 3.8) is 0 Å². The number of esters is 3. The van der Waals surface area contributed by atoms with Crippen LogP contribution in [0.2, 0.25) is 0 Å². The lowest BCUT2D eigenvalue weighted by atomic mass is 10.0. The summed E-state index contributed by atoms with van der Waals surface area (Å²) in [6.07, 6.45) is 89.1. The highest BCUT2D eigenvalue weighted by Crippen LogP contribution is 2.15. The van der Waals surface area contributed by atoms with Gasteiger partial charge in [0.15, 0.2) is 6.10 Å². The standard InChI is InChI=1S/C71H118O6/c1-4-7-10-13-16-19-22-25-28-30-32-34-35-37-38-40-43-46-49-52-55-58-61-64-70(73)76-67-68(66-75-69(72)63-60-57-54-51-48-45-42-27-24-21-18-15-12-9-6-3)77-71(74)65-62-59-56-53-50-47-44-41-39-36-33-31-29-26-23-20-17-14-11-8-5-2/h8,11,17-18,20-22,25-27,29-30,32-33,36,41-42,44,50,53,68H,4-7,9-10,12-16,19,23-24,28,31,34-35,37-40,43,45-49,51-52,54-67H2,1-3H3/b11-8-,20-17-,21-18-,25-22-,29-26-,32-30-,36-33-,42-27-,44-41-,53-50-. The van der Waals surface area contributed by atoms with E-state index in [0.29, 0.717) is 19.3 Å². The van der Waals surface area contributed by atoms with E-state index >= 15 is 0 Å². The predicted octanol–water partition coefficient (Wildman–Crippen LogP) is 22.0. The van der Waals surface area contributed by atoms with Gasteiger partial charge in [-0.05, 0) is 135 Å². The van der Waals surface area contributed by atoms with Crippen LogP contribution < -0.4 is 0 Å². The Morgan fingerprint density at radius 1 is 0.273 bits per heavy atom. The van der Waals surface area contributed by atoms with Crippen LogP contribution in [-0.4, -0.2) is 37.2 Å². The first-order valence-corrected chi connectivity index (χ1v) is 32.0. The van der Waals surface area contributed by atoms with Crippen LogP contribution in [0.4, 0.5) is 0 Å². The van der Waals surface area contributed by atoms with E-state index in [-0.39, 0.29) is 37.5 Å². The van der Waals surface area contributed by atoms with E-state index in [1.54, 1.807) is 0 Å². The van der Waals surface area contributed by atoms with Crippen LogP contribution in [0.25, 0.3) is 0 Å². The number of carbonyl (C=O) groups excluding carboxylic acids is 3. The Morgan fingerprint density at radius 2 is 0.506 bits per heavy atom. The zero-order chi connectivity index (χ0) is 55.7. The van der Waals surface area contributed by atoms with Crippen molar-refractivity contribution >= 4 is 17.9 Å². The molecule has 0 fully saturated rings. The third-order valence-corrected chi connectivity index (χ3v) is 13.4. The van der Waals surface area contributed by atoms with Gasteiger partial charge >= 0.3 is 17.9 Å². The highest BCUT2D eigenvalue weighted by Gasteiger charge is 2.19. The van der Waals surface area contributed by atoms with E-state index in [1.165, 1.54) is 122 Å². The molecular weight excluding hydrogens is 949 g/mol. The molecule has 0 aromatic heterocycles. The molecule has 0 radical (unpaired) electrons. The first kappa shape index (κ1) is 72.8. The van der Waals surface area contributed by atoms with Gasteiger partial charge in [0.1, 0.15) is 13.2 Å². The Labute approximate surface area is 475 Å². The second-order valence-corrected chi connectivity index (χ2v) is 20.9. The first-order chi connectivity index (χ1) is 38.0. The van der Waals surface area contributed by atoms with Crippen molar-refractivity contribution in [2.45, 2.75) is 297 Å². The fourth-order valence-corrected chi connectivity index (χ4v) is 8.62. The predicted molar refractivity (Wildman–Crippen MR) is 334 cm³/mol. The maximum Gasteiger partial charge on any atom is 0.306 e. The van der Waals surface area contributed by atoms with Crippen LogP contribution in [0, 0.1) is 0 Å². The summed E-state index contributed by atoms with van der Waals surface area (Å²) >= 11 is 0. The van der Waals surface area contributed by atoms with Crippen LogP contribution >= 0.6 is 0 Å². The lowest BCUT2D eigenvalue weighted by Gasteiger charge is -2.18. The molecule has 0 aromatic carbocycles. The molecule has 6 heteroatoms. The van der Waals surface area contributed by atoms with Crippen molar-refractivity contribution in [3.8, 4) is 0 Å². The molecule has 438 valence electrons. The molecule has 0 aliphatic heterocycles. The molecule has 0 bridgehead atoms. The molecule has 0 heterocycles. The third kappa shape index (κ3) is 62.5. The van der Waals surface area contributed by atoms with Gasteiger partial charge in [-0.3, -0.25) is 14.4 Å². The quantitative estimate of drug-likeness (QED) is 0.0261. The topological polar surface area (TPSA) is 78.9 Å². The zero-order valence-corrected chi connectivity index (χ0v) is 50.2. The smallest absolute Gasteiger partial charge is 0.306 e. The van der Waals surface area contributed by atoms with E-state index in [2.05, 4.69) is 142 Å². The van der Waals surface area contributed by atoms with E-state index in [9.17, 15) is 14.4 Å². The molecule has 0 saturated carbocycles. The number of ether oxygens (including phenoxy) is 3. The van der Waals surface area contributed by atoms with Crippen molar-refractivity contribution in [1.82, 2.24) is 0 Å². The Balaban J connectivity index is 4.46. The molecule has 6 nitrogen and oxygen atoms in total. The highest BCUT2D eigenvalue weighted by atomic mass is 16.6. The monoisotopic (exact) mass is 1070 g/mol. The average Bonchev–Trinajstić information content (AvgIpc) is 3.43. The summed E-state index contributed by atoms with van der Waals surface area (Å²) in [7, 11) is 0. The van der Waals surface area contributed by atoms with Crippen molar-refractivity contribution in [2.75, 3.05) is 13.2 Å². The zero-order valence-electron chi connectivity index (χ0n) is 50.2. The van der Waals surface area contributed by atoms with E-state index < -0.39 is 6.10 Å². The number of hydrogen-bond acceptors (Lipinski definition) is 6. The molecule has 0 rings (SSSR count). The molecule has 77 heavy (non-hydrogen) atoms. The summed E-state index contributed by atoms with van der Waals surface area (Å²) in [5.41, 5.74) is 0. The maximum absolute atomic E-state index is 12.9. The average molecular weight is 1070 g/mol. The number of carbonyl (C=O) groups is 3. The minimum Gasteiger partial charge on any atom is -0.462 e. The Kier molecular flexibility index (Phi) is 60.8. The fourth-order valence-electron chi connectivity index (χ4n) is 8.62. The van der Waals surface area contributed by atoms with Gasteiger partial charge in [0.05, 0.1) is 0 Å². The highest BCUT2D eigenvalue weighted by molar-refractivity contribution is 5.71. The largest absolute Gasteiger partial charge is 0.462 e. The Morgan fingerprint density at radius 3 is 0.844 bits per heavy atom. The molecule has 0 aliphatic rings. The summed E-state index contributed by atoms with van der Waals surface area (Å²) in [5.74, 6) is -0.959. The van der Waals surface area contributed by atoms with Gasteiger partial charge in [-0.1, -0.05) is 258 Å². The fraction of sp³-hybridized carbons (Fsp3) is 0.676. The van der Waals surface area contributed by atoms with Gasteiger partial charge in [0, 0.05) is 19.3 Å². The van der Waals surface area contributed by atoms with Crippen LogP contribution in [-0.2, 0) is 28.6 Å². The molecule has 1 unspecified atom stereocenters. The normalized spacial score (nSPS) is 12.9. The van der Waals surface area contributed by atoms with Gasteiger partial charge in [0.2, 0.25) is 0 Å². The molecule has 1 atom stereocenters. The van der Waals surface area contributed by atoms with Crippen LogP contribution in [0.1, 0.15) is 290 Å². The van der Waals surface area contributed by atoms with Gasteiger partial charge in [0.25, 0.3) is 0 Å². The summed E-state index contributed by atoms with van der Waals surface area (Å²) in [4.78, 5) is 38.3. The molecule has 0 aliphatic carbocycles. The molecular formula is C71H118O6. The Hall–Kier alpha value is -4.19. The van der Waals surface area contributed by atoms with Gasteiger partial charge in [-0.2, -0.15) is 0 Å². The summed E-state index contributed by atoms with van der Waals surface area (Å²) in [5, 5.41) is 0. The van der Waals surface area contributed by atoms with Crippen molar-refractivity contribution in [2.24, 2.45) is 0 Å². The van der Waals surface area contributed by atoms with Gasteiger partial charge in [-0.15, -0.1) is 0 Å². The van der Waals surface area contributed by atoms with Crippen molar-refractivity contribution < 1.29 is 28.6 Å². The van der Waals surface area contributed by atoms with E-state index in [4.69, 9.17) is 14.2 Å². The third-order valence-electron chi connectivity index (χ3n) is 13.4.